The van der Waals surface area contributed by atoms with E-state index in [4.69, 9.17) is 16.6 Å². The Morgan fingerprint density at radius 1 is 1.50 bits per heavy atom. The van der Waals surface area contributed by atoms with Crippen molar-refractivity contribution in [3.63, 3.8) is 0 Å². The Kier molecular flexibility index (Phi) is 5.30. The van der Waals surface area contributed by atoms with Crippen molar-refractivity contribution in [2.24, 2.45) is 0 Å². The Morgan fingerprint density at radius 3 is 3.00 bits per heavy atom. The van der Waals surface area contributed by atoms with Gasteiger partial charge in [-0.15, -0.1) is 0 Å². The van der Waals surface area contributed by atoms with Crippen molar-refractivity contribution in [1.82, 2.24) is 5.32 Å². The van der Waals surface area contributed by atoms with E-state index in [1.807, 2.05) is 12.1 Å². The highest BCUT2D eigenvalue weighted by atomic mass is 32.1. The topological polar surface area (TPSA) is 25.2 Å². The molecule has 0 spiro atoms. The summed E-state index contributed by atoms with van der Waals surface area (Å²) in [6.07, 6.45) is 6.34. The van der Waals surface area contributed by atoms with E-state index in [-0.39, 0.29) is 0 Å². The first-order valence-corrected chi connectivity index (χ1v) is 5.53. The van der Waals surface area contributed by atoms with Crippen LogP contribution in [0.15, 0.2) is 22.8 Å². The molecular weight excluding hydrogens is 194 g/mol. The molecule has 0 atom stereocenters. The van der Waals surface area contributed by atoms with Gasteiger partial charge in [0.05, 0.1) is 17.8 Å². The van der Waals surface area contributed by atoms with E-state index < -0.39 is 0 Å². The zero-order valence-electron chi connectivity index (χ0n) is 8.58. The van der Waals surface area contributed by atoms with Crippen molar-refractivity contribution in [2.45, 2.75) is 39.2 Å². The van der Waals surface area contributed by atoms with E-state index in [0.29, 0.717) is 6.54 Å². The van der Waals surface area contributed by atoms with Crippen molar-refractivity contribution in [1.29, 1.82) is 0 Å². The zero-order valence-corrected chi connectivity index (χ0v) is 9.40. The maximum Gasteiger partial charge on any atom is 0.122 e. The number of nitrogens with one attached hydrogen (secondary N) is 1. The maximum atomic E-state index is 5.19. The Hall–Kier alpha value is -0.830. The Balaban J connectivity index is 2.09. The summed E-state index contributed by atoms with van der Waals surface area (Å²) >= 11 is 5.19. The number of thiocarbonyl (C=S) groups is 1. The van der Waals surface area contributed by atoms with Gasteiger partial charge < -0.3 is 9.73 Å². The predicted octanol–water partition coefficient (Wildman–Crippen LogP) is 3.28. The molecule has 0 saturated heterocycles. The van der Waals surface area contributed by atoms with E-state index in [0.717, 1.165) is 17.2 Å². The molecule has 1 heterocycles. The SMILES string of the molecule is CCCCCC(=S)NCc1ccco1. The first-order valence-electron chi connectivity index (χ1n) is 5.12. The van der Waals surface area contributed by atoms with E-state index in [1.54, 1.807) is 6.26 Å². The Bertz CT molecular complexity index is 256. The second kappa shape index (κ2) is 6.60. The van der Waals surface area contributed by atoms with Gasteiger partial charge in [0.15, 0.2) is 0 Å². The van der Waals surface area contributed by atoms with E-state index >= 15 is 0 Å². The van der Waals surface area contributed by atoms with Crippen molar-refractivity contribution < 1.29 is 4.42 Å². The van der Waals surface area contributed by atoms with Crippen LogP contribution < -0.4 is 5.32 Å². The monoisotopic (exact) mass is 211 g/mol. The van der Waals surface area contributed by atoms with Gasteiger partial charge in [0.1, 0.15) is 5.76 Å². The highest BCUT2D eigenvalue weighted by Crippen LogP contribution is 2.02. The smallest absolute Gasteiger partial charge is 0.122 e. The highest BCUT2D eigenvalue weighted by Gasteiger charge is 1.98. The predicted molar refractivity (Wildman–Crippen MR) is 62.3 cm³/mol. The summed E-state index contributed by atoms with van der Waals surface area (Å²) in [7, 11) is 0. The molecule has 1 aromatic heterocycles. The molecule has 0 aromatic carbocycles. The molecule has 78 valence electrons. The van der Waals surface area contributed by atoms with Crippen molar-refractivity contribution in [3.8, 4) is 0 Å². The van der Waals surface area contributed by atoms with Crippen molar-refractivity contribution >= 4 is 17.2 Å². The molecule has 0 radical (unpaired) electrons. The number of furan rings is 1. The Labute approximate surface area is 90.7 Å². The molecule has 3 heteroatoms. The summed E-state index contributed by atoms with van der Waals surface area (Å²) < 4.78 is 5.19. The second-order valence-electron chi connectivity index (χ2n) is 3.31. The molecule has 0 bridgehead atoms. The maximum absolute atomic E-state index is 5.19. The Morgan fingerprint density at radius 2 is 2.36 bits per heavy atom. The molecule has 0 aliphatic rings. The third-order valence-corrected chi connectivity index (χ3v) is 2.40. The van der Waals surface area contributed by atoms with Crippen LogP contribution in [0.4, 0.5) is 0 Å². The second-order valence-corrected chi connectivity index (χ2v) is 3.81. The van der Waals surface area contributed by atoms with Gasteiger partial charge >= 0.3 is 0 Å². The fraction of sp³-hybridized carbons (Fsp3) is 0.545. The van der Waals surface area contributed by atoms with Crippen molar-refractivity contribution in [2.75, 3.05) is 0 Å². The lowest BCUT2D eigenvalue weighted by Gasteiger charge is -2.05. The molecule has 2 nitrogen and oxygen atoms in total. The highest BCUT2D eigenvalue weighted by molar-refractivity contribution is 7.80. The largest absolute Gasteiger partial charge is 0.467 e. The number of hydrogen-bond donors (Lipinski definition) is 1. The fourth-order valence-electron chi connectivity index (χ4n) is 1.22. The minimum atomic E-state index is 0.706. The summed E-state index contributed by atoms with van der Waals surface area (Å²) in [6, 6.07) is 3.83. The van der Waals surface area contributed by atoms with Crippen molar-refractivity contribution in [3.05, 3.63) is 24.2 Å². The van der Waals surface area contributed by atoms with Gasteiger partial charge in [0, 0.05) is 0 Å². The molecule has 1 rings (SSSR count). The lowest BCUT2D eigenvalue weighted by molar-refractivity contribution is 0.503. The molecule has 1 aromatic rings. The van der Waals surface area contributed by atoms with Crippen LogP contribution in [0.3, 0.4) is 0 Å². The van der Waals surface area contributed by atoms with Gasteiger partial charge in [-0.2, -0.15) is 0 Å². The van der Waals surface area contributed by atoms with Gasteiger partial charge in [-0.3, -0.25) is 0 Å². The first-order chi connectivity index (χ1) is 6.83. The minimum absolute atomic E-state index is 0.706. The molecule has 0 aliphatic heterocycles. The van der Waals surface area contributed by atoms with E-state index in [9.17, 15) is 0 Å². The molecule has 1 N–H and O–H groups in total. The first kappa shape index (κ1) is 11.2. The van der Waals surface area contributed by atoms with Crippen LogP contribution in [0, 0.1) is 0 Å². The van der Waals surface area contributed by atoms with E-state index in [2.05, 4.69) is 12.2 Å². The molecule has 0 fully saturated rings. The van der Waals surface area contributed by atoms with Gasteiger partial charge in [0.25, 0.3) is 0 Å². The average molecular weight is 211 g/mol. The van der Waals surface area contributed by atoms with Crippen LogP contribution in [0.2, 0.25) is 0 Å². The summed E-state index contributed by atoms with van der Waals surface area (Å²) in [5.41, 5.74) is 0. The van der Waals surface area contributed by atoms with Crippen LogP contribution in [0.5, 0.6) is 0 Å². The number of unbranched alkanes of at least 4 members (excludes halogenated alkanes) is 2. The number of rotatable bonds is 6. The van der Waals surface area contributed by atoms with Gasteiger partial charge in [-0.25, -0.2) is 0 Å². The zero-order chi connectivity index (χ0) is 10.2. The summed E-state index contributed by atoms with van der Waals surface area (Å²) in [5, 5.41) is 3.18. The van der Waals surface area contributed by atoms with Crippen LogP contribution >= 0.6 is 12.2 Å². The quantitative estimate of drug-likeness (QED) is 0.577. The summed E-state index contributed by atoms with van der Waals surface area (Å²) in [4.78, 5) is 0.940. The van der Waals surface area contributed by atoms with Gasteiger partial charge in [-0.05, 0) is 25.0 Å². The molecule has 0 saturated carbocycles. The normalized spacial score (nSPS) is 10.1. The molecule has 14 heavy (non-hydrogen) atoms. The fourth-order valence-corrected chi connectivity index (χ4v) is 1.44. The summed E-state index contributed by atoms with van der Waals surface area (Å²) in [5.74, 6) is 0.933. The minimum Gasteiger partial charge on any atom is -0.467 e. The molecule has 0 amide bonds. The van der Waals surface area contributed by atoms with E-state index in [1.165, 1.54) is 19.3 Å². The summed E-state index contributed by atoms with van der Waals surface area (Å²) in [6.45, 7) is 2.90. The third-order valence-electron chi connectivity index (χ3n) is 2.05. The van der Waals surface area contributed by atoms with Gasteiger partial charge in [0.2, 0.25) is 0 Å². The van der Waals surface area contributed by atoms with Crippen LogP contribution in [-0.2, 0) is 6.54 Å². The van der Waals surface area contributed by atoms with Crippen LogP contribution in [0.1, 0.15) is 38.4 Å². The number of hydrogen-bond acceptors (Lipinski definition) is 2. The molecular formula is C11H17NOS. The lowest BCUT2D eigenvalue weighted by Crippen LogP contribution is -2.20. The molecule has 0 unspecified atom stereocenters. The average Bonchev–Trinajstić information content (AvgIpc) is 2.68. The van der Waals surface area contributed by atoms with Crippen LogP contribution in [-0.4, -0.2) is 4.99 Å². The third kappa shape index (κ3) is 4.42. The van der Waals surface area contributed by atoms with Crippen LogP contribution in [0.25, 0.3) is 0 Å². The van der Waals surface area contributed by atoms with Gasteiger partial charge in [-0.1, -0.05) is 32.0 Å². The lowest BCUT2D eigenvalue weighted by atomic mass is 10.2. The standard InChI is InChI=1S/C11H17NOS/c1-2-3-4-7-11(14)12-9-10-6-5-8-13-10/h5-6,8H,2-4,7,9H2,1H3,(H,12,14). The molecule has 0 aliphatic carbocycles.